The van der Waals surface area contributed by atoms with Crippen LogP contribution in [0.4, 0.5) is 5.69 Å². The number of hydrogen-bond acceptors (Lipinski definition) is 4. The van der Waals surface area contributed by atoms with Crippen molar-refractivity contribution in [2.24, 2.45) is 5.92 Å². The Balaban J connectivity index is 1.60. The van der Waals surface area contributed by atoms with E-state index in [-0.39, 0.29) is 30.7 Å². The van der Waals surface area contributed by atoms with Crippen LogP contribution in [0.25, 0.3) is 0 Å². The number of carbonyl (C=O) groups excluding carboxylic acids is 1. The minimum Gasteiger partial charge on any atom is -0.324 e. The van der Waals surface area contributed by atoms with Gasteiger partial charge in [-0.1, -0.05) is 29.3 Å². The molecule has 1 fully saturated rings. The van der Waals surface area contributed by atoms with E-state index in [2.05, 4.69) is 10.3 Å². The van der Waals surface area contributed by atoms with Crippen LogP contribution in [-0.2, 0) is 20.6 Å². The maximum atomic E-state index is 12.7. The van der Waals surface area contributed by atoms with E-state index in [0.29, 0.717) is 34.1 Å². The number of amides is 1. The van der Waals surface area contributed by atoms with Crippen molar-refractivity contribution in [3.63, 3.8) is 0 Å². The zero-order chi connectivity index (χ0) is 19.4. The van der Waals surface area contributed by atoms with Crippen molar-refractivity contribution in [2.45, 2.75) is 18.6 Å². The first-order chi connectivity index (χ1) is 12.9. The molecule has 6 nitrogen and oxygen atoms in total. The van der Waals surface area contributed by atoms with E-state index in [0.717, 1.165) is 0 Å². The Hall–Kier alpha value is -1.67. The van der Waals surface area contributed by atoms with E-state index < -0.39 is 10.0 Å². The van der Waals surface area contributed by atoms with Crippen molar-refractivity contribution in [1.82, 2.24) is 9.29 Å². The van der Waals surface area contributed by atoms with Crippen molar-refractivity contribution in [3.05, 3.63) is 58.3 Å². The lowest BCUT2D eigenvalue weighted by molar-refractivity contribution is -0.120. The van der Waals surface area contributed by atoms with Gasteiger partial charge >= 0.3 is 0 Å². The fraction of sp³-hybridized carbons (Fsp3) is 0.333. The number of benzene rings is 1. The molecule has 144 valence electrons. The first kappa shape index (κ1) is 20.1. The molecule has 1 aromatic carbocycles. The summed E-state index contributed by atoms with van der Waals surface area (Å²) in [7, 11) is -3.57. The monoisotopic (exact) mass is 427 g/mol. The lowest BCUT2D eigenvalue weighted by atomic mass is 9.97. The Morgan fingerprint density at radius 3 is 2.41 bits per heavy atom. The summed E-state index contributed by atoms with van der Waals surface area (Å²) in [6.07, 6.45) is 4.12. The van der Waals surface area contributed by atoms with Crippen molar-refractivity contribution < 1.29 is 13.2 Å². The Morgan fingerprint density at radius 1 is 1.15 bits per heavy atom. The second kappa shape index (κ2) is 8.56. The number of pyridine rings is 1. The van der Waals surface area contributed by atoms with Gasteiger partial charge in [0, 0.05) is 40.8 Å². The van der Waals surface area contributed by atoms with Crippen LogP contribution in [0.15, 0.2) is 42.7 Å². The molecule has 1 aliphatic heterocycles. The van der Waals surface area contributed by atoms with E-state index in [9.17, 15) is 13.2 Å². The summed E-state index contributed by atoms with van der Waals surface area (Å²) in [5, 5.41) is 3.48. The third-order valence-electron chi connectivity index (χ3n) is 4.54. The molecule has 27 heavy (non-hydrogen) atoms. The minimum atomic E-state index is -3.57. The number of halogens is 2. The molecule has 0 radical (unpaired) electrons. The number of nitrogens with zero attached hydrogens (tertiary/aromatic N) is 2. The van der Waals surface area contributed by atoms with Gasteiger partial charge in [0.2, 0.25) is 15.9 Å². The van der Waals surface area contributed by atoms with Crippen LogP contribution < -0.4 is 5.32 Å². The fourth-order valence-electron chi connectivity index (χ4n) is 3.02. The molecule has 0 unspecified atom stereocenters. The van der Waals surface area contributed by atoms with Gasteiger partial charge in [-0.05, 0) is 37.1 Å². The average molecular weight is 428 g/mol. The molecule has 0 bridgehead atoms. The predicted molar refractivity (Wildman–Crippen MR) is 106 cm³/mol. The zero-order valence-electron chi connectivity index (χ0n) is 14.4. The molecule has 2 aromatic rings. The molecule has 2 heterocycles. The molecule has 0 saturated carbocycles. The maximum Gasteiger partial charge on any atom is 0.227 e. The number of carbonyl (C=O) groups is 1. The van der Waals surface area contributed by atoms with Gasteiger partial charge in [0.1, 0.15) is 0 Å². The highest BCUT2D eigenvalue weighted by Crippen LogP contribution is 2.29. The predicted octanol–water partition coefficient (Wildman–Crippen LogP) is 3.57. The summed E-state index contributed by atoms with van der Waals surface area (Å²) in [5.74, 6) is -0.604. The second-order valence-corrected chi connectivity index (χ2v) is 9.14. The minimum absolute atomic E-state index is 0.116. The molecule has 1 N–H and O–H groups in total. The molecule has 0 aliphatic carbocycles. The second-order valence-electron chi connectivity index (χ2n) is 6.36. The molecule has 1 amide bonds. The average Bonchev–Trinajstić information content (AvgIpc) is 2.66. The highest BCUT2D eigenvalue weighted by atomic mass is 35.5. The Labute approximate surface area is 168 Å². The molecule has 1 saturated heterocycles. The first-order valence-electron chi connectivity index (χ1n) is 8.48. The van der Waals surface area contributed by atoms with Crippen molar-refractivity contribution >= 4 is 44.8 Å². The number of nitrogens with one attached hydrogen (secondary N) is 1. The number of rotatable bonds is 5. The number of piperidine rings is 1. The van der Waals surface area contributed by atoms with Gasteiger partial charge in [-0.15, -0.1) is 0 Å². The third-order valence-corrected chi connectivity index (χ3v) is 7.05. The van der Waals surface area contributed by atoms with Gasteiger partial charge in [-0.2, -0.15) is 0 Å². The topological polar surface area (TPSA) is 79.4 Å². The molecule has 1 aliphatic rings. The zero-order valence-corrected chi connectivity index (χ0v) is 16.8. The molecule has 3 rings (SSSR count). The number of hydrogen-bond donors (Lipinski definition) is 1. The standard InChI is InChI=1S/C18H19Cl2N3O3S/c19-16-4-1-5-17(20)15(16)12-27(25,26)23-9-6-13(7-10-23)18(24)22-14-3-2-8-21-11-14/h1-5,8,11,13H,6-7,9-10,12H2,(H,22,24). The summed E-state index contributed by atoms with van der Waals surface area (Å²) in [5.41, 5.74) is 1.03. The van der Waals surface area contributed by atoms with Gasteiger partial charge in [0.25, 0.3) is 0 Å². The number of anilines is 1. The third kappa shape index (κ3) is 4.99. The SMILES string of the molecule is O=C(Nc1cccnc1)C1CCN(S(=O)(=O)Cc2c(Cl)cccc2Cl)CC1. The number of aromatic nitrogens is 1. The largest absolute Gasteiger partial charge is 0.324 e. The van der Waals surface area contributed by atoms with Crippen molar-refractivity contribution in [3.8, 4) is 0 Å². The van der Waals surface area contributed by atoms with Crippen LogP contribution in [0.5, 0.6) is 0 Å². The summed E-state index contributed by atoms with van der Waals surface area (Å²) in [6, 6.07) is 8.41. The summed E-state index contributed by atoms with van der Waals surface area (Å²) in [6.45, 7) is 0.574. The van der Waals surface area contributed by atoms with Crippen LogP contribution in [0.2, 0.25) is 10.0 Å². The van der Waals surface area contributed by atoms with Crippen LogP contribution >= 0.6 is 23.2 Å². The van der Waals surface area contributed by atoms with Crippen LogP contribution in [-0.4, -0.2) is 36.7 Å². The molecular weight excluding hydrogens is 409 g/mol. The molecular formula is C18H19Cl2N3O3S. The van der Waals surface area contributed by atoms with Gasteiger partial charge in [0.05, 0.1) is 17.6 Å². The van der Waals surface area contributed by atoms with Crippen molar-refractivity contribution in [1.29, 1.82) is 0 Å². The maximum absolute atomic E-state index is 12.7. The Kier molecular flexibility index (Phi) is 6.37. The van der Waals surface area contributed by atoms with E-state index >= 15 is 0 Å². The lowest BCUT2D eigenvalue weighted by Crippen LogP contribution is -2.42. The summed E-state index contributed by atoms with van der Waals surface area (Å²) in [4.78, 5) is 16.3. The molecule has 9 heteroatoms. The summed E-state index contributed by atoms with van der Waals surface area (Å²) < 4.78 is 26.9. The number of sulfonamides is 1. The van der Waals surface area contributed by atoms with E-state index in [1.807, 2.05) is 0 Å². The van der Waals surface area contributed by atoms with Crippen LogP contribution in [0, 0.1) is 5.92 Å². The molecule has 0 spiro atoms. The van der Waals surface area contributed by atoms with Gasteiger partial charge in [-0.3, -0.25) is 9.78 Å². The quantitative estimate of drug-likeness (QED) is 0.790. The van der Waals surface area contributed by atoms with Crippen LogP contribution in [0.3, 0.4) is 0 Å². The smallest absolute Gasteiger partial charge is 0.227 e. The normalized spacial score (nSPS) is 16.2. The Morgan fingerprint density at radius 2 is 1.81 bits per heavy atom. The fourth-order valence-corrected chi connectivity index (χ4v) is 5.34. The van der Waals surface area contributed by atoms with Crippen molar-refractivity contribution in [2.75, 3.05) is 18.4 Å². The molecule has 0 atom stereocenters. The Bertz CT molecular complexity index is 894. The summed E-state index contributed by atoms with van der Waals surface area (Å²) >= 11 is 12.2. The van der Waals surface area contributed by atoms with E-state index in [1.165, 1.54) is 4.31 Å². The first-order valence-corrected chi connectivity index (χ1v) is 10.8. The van der Waals surface area contributed by atoms with E-state index in [1.54, 1.807) is 42.7 Å². The highest BCUT2D eigenvalue weighted by molar-refractivity contribution is 7.88. The lowest BCUT2D eigenvalue weighted by Gasteiger charge is -2.30. The van der Waals surface area contributed by atoms with Gasteiger partial charge < -0.3 is 5.32 Å². The highest BCUT2D eigenvalue weighted by Gasteiger charge is 2.32. The van der Waals surface area contributed by atoms with Crippen LogP contribution in [0.1, 0.15) is 18.4 Å². The van der Waals surface area contributed by atoms with Gasteiger partial charge in [-0.25, -0.2) is 12.7 Å². The van der Waals surface area contributed by atoms with Gasteiger partial charge in [0.15, 0.2) is 0 Å². The molecule has 1 aromatic heterocycles. The van der Waals surface area contributed by atoms with E-state index in [4.69, 9.17) is 23.2 Å².